The number of fused-ring (bicyclic) bond motifs is 3. The maximum absolute atomic E-state index is 13.4. The molecule has 174 valence electrons. The molecule has 1 N–H and O–H groups in total. The molecule has 0 radical (unpaired) electrons. The van der Waals surface area contributed by atoms with Crippen molar-refractivity contribution in [3.63, 3.8) is 0 Å². The standard InChI is InChI=1S/C25H24ClN5O3/c26-18-4-3-6-20(14-18)29-10-11-30-23-8-7-21(31(33)34)12-17(23)13-22(24(30)16-29)25(32)28-15-19-5-1-2-9-27-19/h1-9,12,14,22,24H,10-11,13,15-16H2,(H,28,32). The average molecular weight is 478 g/mol. The third-order valence-electron chi connectivity index (χ3n) is 6.59. The van der Waals surface area contributed by atoms with E-state index in [-0.39, 0.29) is 28.5 Å². The number of aromatic nitrogens is 1. The molecule has 9 heteroatoms. The Kier molecular flexibility index (Phi) is 6.06. The van der Waals surface area contributed by atoms with Gasteiger partial charge in [-0.3, -0.25) is 19.9 Å². The van der Waals surface area contributed by atoms with Crippen molar-refractivity contribution in [2.45, 2.75) is 19.0 Å². The van der Waals surface area contributed by atoms with Gasteiger partial charge in [0, 0.05) is 54.4 Å². The molecule has 1 fully saturated rings. The van der Waals surface area contributed by atoms with E-state index in [1.807, 2.05) is 48.5 Å². The molecule has 1 saturated heterocycles. The summed E-state index contributed by atoms with van der Waals surface area (Å²) in [5.74, 6) is -0.439. The second-order valence-electron chi connectivity index (χ2n) is 8.61. The van der Waals surface area contributed by atoms with Crippen molar-refractivity contribution < 1.29 is 9.72 Å². The first kappa shape index (κ1) is 22.2. The summed E-state index contributed by atoms with van der Waals surface area (Å²) in [5.41, 5.74) is 3.65. The Hall–Kier alpha value is -3.65. The summed E-state index contributed by atoms with van der Waals surface area (Å²) in [4.78, 5) is 33.2. The van der Waals surface area contributed by atoms with Gasteiger partial charge in [0.1, 0.15) is 0 Å². The molecule has 2 aliphatic heterocycles. The molecule has 0 saturated carbocycles. The third-order valence-corrected chi connectivity index (χ3v) is 6.82. The van der Waals surface area contributed by atoms with Gasteiger partial charge in [-0.1, -0.05) is 23.7 Å². The van der Waals surface area contributed by atoms with Crippen molar-refractivity contribution in [1.29, 1.82) is 0 Å². The van der Waals surface area contributed by atoms with Crippen LogP contribution in [0, 0.1) is 16.0 Å². The Bertz CT molecular complexity index is 1220. The van der Waals surface area contributed by atoms with Gasteiger partial charge >= 0.3 is 0 Å². The fourth-order valence-corrected chi connectivity index (χ4v) is 5.13. The summed E-state index contributed by atoms with van der Waals surface area (Å²) in [5, 5.41) is 15.1. The van der Waals surface area contributed by atoms with Crippen LogP contribution in [0.2, 0.25) is 5.02 Å². The van der Waals surface area contributed by atoms with E-state index in [4.69, 9.17) is 11.6 Å². The number of rotatable bonds is 5. The summed E-state index contributed by atoms with van der Waals surface area (Å²) in [6.07, 6.45) is 2.14. The summed E-state index contributed by atoms with van der Waals surface area (Å²) in [6, 6.07) is 18.2. The topological polar surface area (TPSA) is 91.6 Å². The second kappa shape index (κ2) is 9.30. The number of pyridine rings is 1. The summed E-state index contributed by atoms with van der Waals surface area (Å²) < 4.78 is 0. The molecule has 8 nitrogen and oxygen atoms in total. The fourth-order valence-electron chi connectivity index (χ4n) is 4.94. The quantitative estimate of drug-likeness (QED) is 0.443. The molecule has 0 aliphatic carbocycles. The number of nitrogens with zero attached hydrogens (tertiary/aromatic N) is 4. The maximum Gasteiger partial charge on any atom is 0.269 e. The smallest absolute Gasteiger partial charge is 0.269 e. The number of hydrogen-bond donors (Lipinski definition) is 1. The van der Waals surface area contributed by atoms with Crippen LogP contribution >= 0.6 is 11.6 Å². The molecule has 2 atom stereocenters. The van der Waals surface area contributed by atoms with Crippen molar-refractivity contribution in [2.75, 3.05) is 29.4 Å². The first-order valence-electron chi connectivity index (χ1n) is 11.2. The van der Waals surface area contributed by atoms with Gasteiger partial charge in [-0.2, -0.15) is 0 Å². The van der Waals surface area contributed by atoms with Crippen LogP contribution in [0.4, 0.5) is 17.1 Å². The molecule has 2 unspecified atom stereocenters. The zero-order chi connectivity index (χ0) is 23.7. The summed E-state index contributed by atoms with van der Waals surface area (Å²) >= 11 is 6.23. The Labute approximate surface area is 202 Å². The van der Waals surface area contributed by atoms with Crippen LogP contribution in [0.1, 0.15) is 11.3 Å². The van der Waals surface area contributed by atoms with E-state index in [1.54, 1.807) is 18.3 Å². The van der Waals surface area contributed by atoms with E-state index in [2.05, 4.69) is 20.1 Å². The molecule has 3 aromatic rings. The normalized spacial score (nSPS) is 19.2. The number of piperazine rings is 1. The number of hydrogen-bond acceptors (Lipinski definition) is 6. The number of amides is 1. The zero-order valence-electron chi connectivity index (χ0n) is 18.4. The van der Waals surface area contributed by atoms with Gasteiger partial charge in [0.05, 0.1) is 29.1 Å². The molecular weight excluding hydrogens is 454 g/mol. The Morgan fingerprint density at radius 2 is 2.03 bits per heavy atom. The molecule has 5 rings (SSSR count). The van der Waals surface area contributed by atoms with E-state index >= 15 is 0 Å². The van der Waals surface area contributed by atoms with Gasteiger partial charge in [0.25, 0.3) is 5.69 Å². The highest BCUT2D eigenvalue weighted by molar-refractivity contribution is 6.30. The van der Waals surface area contributed by atoms with Crippen molar-refractivity contribution in [3.05, 3.63) is 93.3 Å². The number of nitro groups is 1. The highest BCUT2D eigenvalue weighted by Gasteiger charge is 2.42. The largest absolute Gasteiger partial charge is 0.368 e. The highest BCUT2D eigenvalue weighted by atomic mass is 35.5. The maximum atomic E-state index is 13.4. The van der Waals surface area contributed by atoms with Gasteiger partial charge in [0.15, 0.2) is 0 Å². The van der Waals surface area contributed by atoms with Crippen molar-refractivity contribution in [1.82, 2.24) is 10.3 Å². The molecule has 2 aromatic carbocycles. The molecule has 3 heterocycles. The number of benzene rings is 2. The van der Waals surface area contributed by atoms with Crippen molar-refractivity contribution in [2.24, 2.45) is 5.92 Å². The van der Waals surface area contributed by atoms with Gasteiger partial charge in [-0.05, 0) is 48.4 Å². The number of halogens is 1. The van der Waals surface area contributed by atoms with Crippen LogP contribution in [0.3, 0.4) is 0 Å². The second-order valence-corrected chi connectivity index (χ2v) is 9.04. The lowest BCUT2D eigenvalue weighted by Gasteiger charge is -2.49. The van der Waals surface area contributed by atoms with E-state index in [0.29, 0.717) is 31.1 Å². The number of anilines is 2. The molecule has 0 bridgehead atoms. The predicted octanol–water partition coefficient (Wildman–Crippen LogP) is 3.83. The van der Waals surface area contributed by atoms with Gasteiger partial charge in [-0.25, -0.2) is 0 Å². The lowest BCUT2D eigenvalue weighted by molar-refractivity contribution is -0.384. The number of non-ortho nitro benzene ring substituents is 1. The first-order valence-corrected chi connectivity index (χ1v) is 11.6. The lowest BCUT2D eigenvalue weighted by atomic mass is 9.83. The third kappa shape index (κ3) is 4.41. The van der Waals surface area contributed by atoms with E-state index in [0.717, 1.165) is 29.2 Å². The average Bonchev–Trinajstić information content (AvgIpc) is 2.86. The summed E-state index contributed by atoms with van der Waals surface area (Å²) in [6.45, 7) is 2.45. The Morgan fingerprint density at radius 3 is 2.79 bits per heavy atom. The van der Waals surface area contributed by atoms with Crippen LogP contribution < -0.4 is 15.1 Å². The van der Waals surface area contributed by atoms with Crippen LogP contribution in [0.25, 0.3) is 0 Å². The van der Waals surface area contributed by atoms with Crippen LogP contribution in [0.5, 0.6) is 0 Å². The SMILES string of the molecule is O=C(NCc1ccccn1)C1Cc2cc([N+](=O)[O-])ccc2N2CCN(c3cccc(Cl)c3)CC12. The molecule has 2 aliphatic rings. The predicted molar refractivity (Wildman–Crippen MR) is 131 cm³/mol. The minimum Gasteiger partial charge on any atom is -0.368 e. The number of carbonyl (C=O) groups excluding carboxylic acids is 1. The van der Waals surface area contributed by atoms with E-state index < -0.39 is 0 Å². The molecular formula is C25H24ClN5O3. The van der Waals surface area contributed by atoms with Crippen LogP contribution in [0.15, 0.2) is 66.9 Å². The minimum atomic E-state index is -0.389. The number of carbonyl (C=O) groups is 1. The number of nitrogens with one attached hydrogen (secondary N) is 1. The van der Waals surface area contributed by atoms with Crippen molar-refractivity contribution in [3.8, 4) is 0 Å². The molecule has 1 amide bonds. The zero-order valence-corrected chi connectivity index (χ0v) is 19.2. The molecule has 0 spiro atoms. The van der Waals surface area contributed by atoms with Gasteiger partial charge in [0.2, 0.25) is 5.91 Å². The highest BCUT2D eigenvalue weighted by Crippen LogP contribution is 2.38. The molecule has 34 heavy (non-hydrogen) atoms. The summed E-state index contributed by atoms with van der Waals surface area (Å²) in [7, 11) is 0. The minimum absolute atomic E-state index is 0.0439. The van der Waals surface area contributed by atoms with E-state index in [1.165, 1.54) is 0 Å². The van der Waals surface area contributed by atoms with Crippen LogP contribution in [-0.4, -0.2) is 41.5 Å². The molecule has 1 aromatic heterocycles. The fraction of sp³-hybridized carbons (Fsp3) is 0.280. The van der Waals surface area contributed by atoms with Crippen molar-refractivity contribution >= 4 is 34.6 Å². The van der Waals surface area contributed by atoms with Crippen LogP contribution in [-0.2, 0) is 17.8 Å². The lowest BCUT2D eigenvalue weighted by Crippen LogP contribution is -2.61. The van der Waals surface area contributed by atoms with E-state index in [9.17, 15) is 14.9 Å². The monoisotopic (exact) mass is 477 g/mol. The van der Waals surface area contributed by atoms with Gasteiger partial charge in [-0.15, -0.1) is 0 Å². The Balaban J connectivity index is 1.44. The Morgan fingerprint density at radius 1 is 1.15 bits per heavy atom. The number of nitro benzene ring substituents is 1. The van der Waals surface area contributed by atoms with Gasteiger partial charge < -0.3 is 15.1 Å². The first-order chi connectivity index (χ1) is 16.5.